The summed E-state index contributed by atoms with van der Waals surface area (Å²) >= 11 is 0. The lowest BCUT2D eigenvalue weighted by atomic mass is 9.77. The van der Waals surface area contributed by atoms with Crippen molar-refractivity contribution in [3.63, 3.8) is 0 Å². The lowest BCUT2D eigenvalue weighted by molar-refractivity contribution is -0.0752. The molecular weight excluding hydrogens is 280 g/mol. The summed E-state index contributed by atoms with van der Waals surface area (Å²) in [6, 6.07) is 0. The molecular formula is C18H34O4. The van der Waals surface area contributed by atoms with Crippen LogP contribution in [0.15, 0.2) is 11.6 Å². The van der Waals surface area contributed by atoms with E-state index in [9.17, 15) is 0 Å². The molecule has 4 nitrogen and oxygen atoms in total. The van der Waals surface area contributed by atoms with Crippen LogP contribution in [0.2, 0.25) is 0 Å². The molecule has 0 spiro atoms. The molecule has 0 saturated heterocycles. The van der Waals surface area contributed by atoms with E-state index in [0.29, 0.717) is 37.9 Å². The van der Waals surface area contributed by atoms with E-state index in [0.717, 1.165) is 19.6 Å². The molecule has 1 aliphatic carbocycles. The van der Waals surface area contributed by atoms with Crippen LogP contribution < -0.4 is 0 Å². The minimum Gasteiger partial charge on any atom is -0.382 e. The zero-order valence-electron chi connectivity index (χ0n) is 14.8. The minimum atomic E-state index is 0.366. The van der Waals surface area contributed by atoms with Crippen LogP contribution in [-0.2, 0) is 18.9 Å². The Morgan fingerprint density at radius 3 is 2.59 bits per heavy atom. The fraction of sp³-hybridized carbons (Fsp3) is 0.889. The second-order valence-corrected chi connectivity index (χ2v) is 6.42. The Morgan fingerprint density at radius 1 is 1.09 bits per heavy atom. The average Bonchev–Trinajstić information content (AvgIpc) is 2.49. The van der Waals surface area contributed by atoms with Crippen molar-refractivity contribution in [2.45, 2.75) is 52.6 Å². The molecule has 0 radical (unpaired) electrons. The maximum Gasteiger partial charge on any atom is 0.146 e. The van der Waals surface area contributed by atoms with Gasteiger partial charge in [0.15, 0.2) is 0 Å². The van der Waals surface area contributed by atoms with E-state index in [1.807, 2.05) is 0 Å². The Morgan fingerprint density at radius 2 is 1.86 bits per heavy atom. The topological polar surface area (TPSA) is 36.9 Å². The predicted molar refractivity (Wildman–Crippen MR) is 88.9 cm³/mol. The SMILES string of the molecule is COCCOCOCC[C@@H]1CCCC(OCC=C(C)C)[C@H]1C. The van der Waals surface area contributed by atoms with Crippen LogP contribution in [0.3, 0.4) is 0 Å². The molecule has 0 aromatic carbocycles. The molecule has 0 amide bonds. The van der Waals surface area contributed by atoms with Crippen LogP contribution in [0.5, 0.6) is 0 Å². The molecule has 4 heteroatoms. The van der Waals surface area contributed by atoms with Crippen LogP contribution in [0.25, 0.3) is 0 Å². The minimum absolute atomic E-state index is 0.366. The highest BCUT2D eigenvalue weighted by molar-refractivity contribution is 4.93. The Balaban J connectivity index is 2.16. The third-order valence-corrected chi connectivity index (χ3v) is 4.43. The Hall–Kier alpha value is -0.420. The Kier molecular flexibility index (Phi) is 10.8. The zero-order valence-corrected chi connectivity index (χ0v) is 14.8. The van der Waals surface area contributed by atoms with Gasteiger partial charge in [0.1, 0.15) is 6.79 Å². The van der Waals surface area contributed by atoms with Gasteiger partial charge in [0.2, 0.25) is 0 Å². The second-order valence-electron chi connectivity index (χ2n) is 6.42. The summed E-state index contributed by atoms with van der Waals surface area (Å²) in [5.41, 5.74) is 1.32. The number of methoxy groups -OCH3 is 1. The van der Waals surface area contributed by atoms with Gasteiger partial charge in [-0.3, -0.25) is 0 Å². The predicted octanol–water partition coefficient (Wildman–Crippen LogP) is 3.80. The average molecular weight is 314 g/mol. The molecule has 0 heterocycles. The van der Waals surface area contributed by atoms with Crippen molar-refractivity contribution in [2.24, 2.45) is 11.8 Å². The number of hydrogen-bond acceptors (Lipinski definition) is 4. The first-order valence-corrected chi connectivity index (χ1v) is 8.54. The van der Waals surface area contributed by atoms with Crippen molar-refractivity contribution in [3.05, 3.63) is 11.6 Å². The summed E-state index contributed by atoms with van der Waals surface area (Å²) in [4.78, 5) is 0. The van der Waals surface area contributed by atoms with Gasteiger partial charge in [-0.05, 0) is 44.9 Å². The molecule has 22 heavy (non-hydrogen) atoms. The third-order valence-electron chi connectivity index (χ3n) is 4.43. The van der Waals surface area contributed by atoms with Crippen LogP contribution >= 0.6 is 0 Å². The van der Waals surface area contributed by atoms with E-state index >= 15 is 0 Å². The lowest BCUT2D eigenvalue weighted by Gasteiger charge is -2.35. The van der Waals surface area contributed by atoms with E-state index in [-0.39, 0.29) is 0 Å². The highest BCUT2D eigenvalue weighted by Gasteiger charge is 2.30. The molecule has 0 aromatic heterocycles. The van der Waals surface area contributed by atoms with Gasteiger partial charge >= 0.3 is 0 Å². The van der Waals surface area contributed by atoms with E-state index in [2.05, 4.69) is 26.8 Å². The summed E-state index contributed by atoms with van der Waals surface area (Å²) in [5.74, 6) is 1.31. The molecule has 1 saturated carbocycles. The zero-order chi connectivity index (χ0) is 16.2. The summed E-state index contributed by atoms with van der Waals surface area (Å²) in [7, 11) is 1.67. The van der Waals surface area contributed by atoms with Gasteiger partial charge in [0, 0.05) is 13.7 Å². The fourth-order valence-electron chi connectivity index (χ4n) is 2.95. The first-order valence-electron chi connectivity index (χ1n) is 8.54. The summed E-state index contributed by atoms with van der Waals surface area (Å²) in [5, 5.41) is 0. The molecule has 0 N–H and O–H groups in total. The van der Waals surface area contributed by atoms with E-state index in [4.69, 9.17) is 18.9 Å². The van der Waals surface area contributed by atoms with Crippen molar-refractivity contribution >= 4 is 0 Å². The summed E-state index contributed by atoms with van der Waals surface area (Å²) < 4.78 is 21.8. The van der Waals surface area contributed by atoms with E-state index in [1.54, 1.807) is 7.11 Å². The largest absolute Gasteiger partial charge is 0.382 e. The lowest BCUT2D eigenvalue weighted by Crippen LogP contribution is -2.33. The maximum absolute atomic E-state index is 6.05. The standard InChI is InChI=1S/C18H34O4/c1-15(2)8-11-22-18-7-5-6-17(16(18)3)9-10-20-14-21-13-12-19-4/h8,16-18H,5-7,9-14H2,1-4H3/t16-,17-,18?/m0/s1. The van der Waals surface area contributed by atoms with E-state index in [1.165, 1.54) is 24.8 Å². The van der Waals surface area contributed by atoms with Gasteiger partial charge in [-0.2, -0.15) is 0 Å². The number of rotatable bonds is 11. The van der Waals surface area contributed by atoms with Crippen LogP contribution in [0.1, 0.15) is 46.5 Å². The molecule has 0 aromatic rings. The van der Waals surface area contributed by atoms with Gasteiger partial charge in [-0.1, -0.05) is 25.0 Å². The van der Waals surface area contributed by atoms with Crippen LogP contribution in [0.4, 0.5) is 0 Å². The molecule has 0 bridgehead atoms. The fourth-order valence-corrected chi connectivity index (χ4v) is 2.95. The number of allylic oxidation sites excluding steroid dienone is 1. The molecule has 0 aliphatic heterocycles. The molecule has 1 fully saturated rings. The van der Waals surface area contributed by atoms with Gasteiger partial charge in [-0.15, -0.1) is 0 Å². The normalized spacial score (nSPS) is 25.2. The van der Waals surface area contributed by atoms with Gasteiger partial charge in [-0.25, -0.2) is 0 Å². The number of ether oxygens (including phenoxy) is 4. The quantitative estimate of drug-likeness (QED) is 0.330. The summed E-state index contributed by atoms with van der Waals surface area (Å²) in [6.45, 7) is 9.64. The highest BCUT2D eigenvalue weighted by atomic mass is 16.7. The van der Waals surface area contributed by atoms with Crippen molar-refractivity contribution in [3.8, 4) is 0 Å². The molecule has 1 rings (SSSR count). The van der Waals surface area contributed by atoms with Gasteiger partial charge in [0.25, 0.3) is 0 Å². The van der Waals surface area contributed by atoms with Gasteiger partial charge in [0.05, 0.1) is 25.9 Å². The molecule has 3 atom stereocenters. The van der Waals surface area contributed by atoms with Crippen LogP contribution in [-0.4, -0.2) is 46.4 Å². The third kappa shape index (κ3) is 8.28. The Labute approximate surface area is 136 Å². The smallest absolute Gasteiger partial charge is 0.146 e. The second kappa shape index (κ2) is 12.1. The summed E-state index contributed by atoms with van der Waals surface area (Å²) in [6.07, 6.45) is 7.40. The highest BCUT2D eigenvalue weighted by Crippen LogP contribution is 2.34. The molecule has 1 aliphatic rings. The van der Waals surface area contributed by atoms with Crippen molar-refractivity contribution in [1.82, 2.24) is 0 Å². The van der Waals surface area contributed by atoms with Crippen molar-refractivity contribution < 1.29 is 18.9 Å². The van der Waals surface area contributed by atoms with Gasteiger partial charge < -0.3 is 18.9 Å². The first-order chi connectivity index (χ1) is 10.6. The van der Waals surface area contributed by atoms with E-state index < -0.39 is 0 Å². The first kappa shape index (κ1) is 19.6. The van der Waals surface area contributed by atoms with Crippen molar-refractivity contribution in [2.75, 3.05) is 40.3 Å². The molecule has 130 valence electrons. The monoisotopic (exact) mass is 314 g/mol. The van der Waals surface area contributed by atoms with Crippen molar-refractivity contribution in [1.29, 1.82) is 0 Å². The molecule has 1 unspecified atom stereocenters. The maximum atomic E-state index is 6.05. The number of hydrogen-bond donors (Lipinski definition) is 0. The Bertz CT molecular complexity index is 299. The van der Waals surface area contributed by atoms with Crippen LogP contribution in [0, 0.1) is 11.8 Å².